The molecule has 2 fully saturated rings. The normalized spacial score (nSPS) is 24.9. The molecule has 3 heterocycles. The average Bonchev–Trinajstić information content (AvgIpc) is 3.20. The van der Waals surface area contributed by atoms with Crippen LogP contribution in [0.3, 0.4) is 0 Å². The summed E-state index contributed by atoms with van der Waals surface area (Å²) < 4.78 is 19.8. The van der Waals surface area contributed by atoms with Gasteiger partial charge in [0.2, 0.25) is 0 Å². The molecule has 2 N–H and O–H groups in total. The molecule has 0 saturated carbocycles. The Hall–Kier alpha value is -2.17. The molecule has 2 aromatic rings. The van der Waals surface area contributed by atoms with Gasteiger partial charge in [-0.25, -0.2) is 14.4 Å². The number of anilines is 1. The number of nitrogens with zero attached hydrogens (tertiary/aromatic N) is 4. The van der Waals surface area contributed by atoms with E-state index >= 15 is 0 Å². The lowest BCUT2D eigenvalue weighted by Crippen LogP contribution is -2.59. The summed E-state index contributed by atoms with van der Waals surface area (Å²) in [6.45, 7) is 6.32. The molecule has 5 rings (SSSR count). The van der Waals surface area contributed by atoms with Gasteiger partial charge < -0.3 is 19.5 Å². The van der Waals surface area contributed by atoms with Gasteiger partial charge >= 0.3 is 0 Å². The zero-order valence-electron chi connectivity index (χ0n) is 20.4. The fraction of sp³-hybridized carbons (Fsp3) is 0.577. The van der Waals surface area contributed by atoms with Crippen molar-refractivity contribution in [2.75, 3.05) is 44.3 Å². The van der Waals surface area contributed by atoms with Gasteiger partial charge in [0, 0.05) is 51.0 Å². The Morgan fingerprint density at radius 2 is 1.97 bits per heavy atom. The van der Waals surface area contributed by atoms with Crippen LogP contribution in [0.4, 0.5) is 10.2 Å². The number of aldehydes is 1. The first-order chi connectivity index (χ1) is 17.5. The van der Waals surface area contributed by atoms with E-state index in [1.807, 2.05) is 0 Å². The Bertz CT molecular complexity index is 1080. The Labute approximate surface area is 215 Å². The maximum absolute atomic E-state index is 14.3. The standard InChI is InChI=1S/C26H33ClFN5O3/c1-16-12-22(35)24-23(16)26(30-15-29-24)33-8-6-32(7-9-33)25(31-18-4-10-36-11-5-18)19(14-34)17-2-3-20(27)21(28)13-17/h2-3,13-16,18-19,22,25,31,35H,4-12H2,1H3/t16-,19?,22-,25?/m1/s1. The number of piperazine rings is 1. The fourth-order valence-corrected chi connectivity index (χ4v) is 5.88. The van der Waals surface area contributed by atoms with Gasteiger partial charge in [-0.2, -0.15) is 0 Å². The van der Waals surface area contributed by atoms with Crippen LogP contribution in [0.15, 0.2) is 24.5 Å². The van der Waals surface area contributed by atoms with Crippen molar-refractivity contribution < 1.29 is 19.0 Å². The van der Waals surface area contributed by atoms with Crippen molar-refractivity contribution in [2.45, 2.75) is 56.3 Å². The van der Waals surface area contributed by atoms with E-state index in [4.69, 9.17) is 16.3 Å². The number of nitrogens with one attached hydrogen (secondary N) is 1. The number of fused-ring (bicyclic) bond motifs is 1. The minimum Gasteiger partial charge on any atom is -0.387 e. The van der Waals surface area contributed by atoms with Gasteiger partial charge in [0.05, 0.1) is 28.9 Å². The summed E-state index contributed by atoms with van der Waals surface area (Å²) in [6.07, 6.45) is 4.01. The average molecular weight is 518 g/mol. The topological polar surface area (TPSA) is 90.8 Å². The number of aliphatic hydroxyl groups excluding tert-OH is 1. The quantitative estimate of drug-likeness (QED) is 0.542. The van der Waals surface area contributed by atoms with Crippen LogP contribution in [0.1, 0.15) is 60.9 Å². The predicted molar refractivity (Wildman–Crippen MR) is 135 cm³/mol. The maximum Gasteiger partial charge on any atom is 0.142 e. The van der Waals surface area contributed by atoms with Gasteiger partial charge in [-0.05, 0) is 42.9 Å². The monoisotopic (exact) mass is 517 g/mol. The van der Waals surface area contributed by atoms with Gasteiger partial charge in [-0.1, -0.05) is 24.6 Å². The molecule has 4 atom stereocenters. The molecule has 0 bridgehead atoms. The van der Waals surface area contributed by atoms with Crippen molar-refractivity contribution in [2.24, 2.45) is 0 Å². The maximum atomic E-state index is 14.3. The largest absolute Gasteiger partial charge is 0.387 e. The number of rotatable bonds is 7. The minimum absolute atomic E-state index is 0.0441. The number of benzene rings is 1. The van der Waals surface area contributed by atoms with Crippen molar-refractivity contribution in [3.8, 4) is 0 Å². The van der Waals surface area contributed by atoms with Gasteiger partial charge in [0.25, 0.3) is 0 Å². The molecule has 8 nitrogen and oxygen atoms in total. The third-order valence-corrected chi connectivity index (χ3v) is 8.04. The van der Waals surface area contributed by atoms with Crippen LogP contribution in [-0.2, 0) is 9.53 Å². The zero-order chi connectivity index (χ0) is 25.2. The van der Waals surface area contributed by atoms with Crippen molar-refractivity contribution in [1.29, 1.82) is 0 Å². The molecule has 1 aliphatic carbocycles. The van der Waals surface area contributed by atoms with E-state index in [0.29, 0.717) is 38.3 Å². The molecule has 2 aliphatic heterocycles. The first-order valence-corrected chi connectivity index (χ1v) is 13.1. The summed E-state index contributed by atoms with van der Waals surface area (Å²) in [5.74, 6) is 0.0185. The molecule has 0 radical (unpaired) electrons. The second-order valence-corrected chi connectivity index (χ2v) is 10.4. The number of hydrogen-bond donors (Lipinski definition) is 2. The third kappa shape index (κ3) is 5.13. The second kappa shape index (κ2) is 11.1. The molecule has 1 aromatic heterocycles. The molecule has 2 unspecified atom stereocenters. The Morgan fingerprint density at radius 1 is 1.22 bits per heavy atom. The van der Waals surface area contributed by atoms with Crippen LogP contribution in [-0.4, -0.2) is 77.9 Å². The molecule has 0 spiro atoms. The molecule has 10 heteroatoms. The van der Waals surface area contributed by atoms with E-state index < -0.39 is 17.8 Å². The number of carbonyl (C=O) groups excluding carboxylic acids is 1. The summed E-state index contributed by atoms with van der Waals surface area (Å²) in [7, 11) is 0. The Kier molecular flexibility index (Phi) is 7.83. The van der Waals surface area contributed by atoms with Gasteiger partial charge in [0.15, 0.2) is 0 Å². The van der Waals surface area contributed by atoms with Crippen LogP contribution in [0, 0.1) is 5.82 Å². The fourth-order valence-electron chi connectivity index (χ4n) is 5.76. The number of carbonyl (C=O) groups is 1. The summed E-state index contributed by atoms with van der Waals surface area (Å²) in [5.41, 5.74) is 2.38. The highest BCUT2D eigenvalue weighted by Gasteiger charge is 2.36. The predicted octanol–water partition coefficient (Wildman–Crippen LogP) is 3.01. The van der Waals surface area contributed by atoms with Crippen molar-refractivity contribution in [1.82, 2.24) is 20.2 Å². The lowest BCUT2D eigenvalue weighted by atomic mass is 9.94. The first-order valence-electron chi connectivity index (χ1n) is 12.7. The molecular weight excluding hydrogens is 485 g/mol. The van der Waals surface area contributed by atoms with Gasteiger partial charge in [0.1, 0.15) is 24.2 Å². The van der Waals surface area contributed by atoms with Crippen LogP contribution >= 0.6 is 11.6 Å². The lowest BCUT2D eigenvalue weighted by molar-refractivity contribution is -0.111. The van der Waals surface area contributed by atoms with Gasteiger partial charge in [-0.3, -0.25) is 10.2 Å². The number of ether oxygens (including phenoxy) is 1. The minimum atomic E-state index is -0.551. The zero-order valence-corrected chi connectivity index (χ0v) is 21.2. The second-order valence-electron chi connectivity index (χ2n) is 10.0. The van der Waals surface area contributed by atoms with Crippen molar-refractivity contribution in [3.05, 3.63) is 52.2 Å². The van der Waals surface area contributed by atoms with E-state index in [1.54, 1.807) is 6.07 Å². The Balaban J connectivity index is 1.36. The SMILES string of the molecule is C[C@@H]1C[C@@H](O)c2ncnc(N3CCN(C(NC4CCOCC4)C(C=O)c4ccc(Cl)c(F)c4)CC3)c21. The lowest BCUT2D eigenvalue weighted by Gasteiger charge is -2.44. The molecule has 194 valence electrons. The summed E-state index contributed by atoms with van der Waals surface area (Å²) in [5, 5.41) is 14.1. The number of aromatic nitrogens is 2. The van der Waals surface area contributed by atoms with Crippen LogP contribution in [0.25, 0.3) is 0 Å². The van der Waals surface area contributed by atoms with Gasteiger partial charge in [-0.15, -0.1) is 0 Å². The highest BCUT2D eigenvalue weighted by atomic mass is 35.5. The smallest absolute Gasteiger partial charge is 0.142 e. The van der Waals surface area contributed by atoms with E-state index in [9.17, 15) is 14.3 Å². The third-order valence-electron chi connectivity index (χ3n) is 7.73. The van der Waals surface area contributed by atoms with Crippen LogP contribution in [0.2, 0.25) is 5.02 Å². The van der Waals surface area contributed by atoms with Crippen molar-refractivity contribution >= 4 is 23.7 Å². The first kappa shape index (κ1) is 25.5. The van der Waals surface area contributed by atoms with E-state index in [0.717, 1.165) is 49.3 Å². The molecule has 3 aliphatic rings. The molecule has 2 saturated heterocycles. The van der Waals surface area contributed by atoms with Crippen LogP contribution in [0.5, 0.6) is 0 Å². The Morgan fingerprint density at radius 3 is 2.67 bits per heavy atom. The molecule has 1 aromatic carbocycles. The summed E-state index contributed by atoms with van der Waals surface area (Å²) >= 11 is 5.91. The number of hydrogen-bond acceptors (Lipinski definition) is 8. The summed E-state index contributed by atoms with van der Waals surface area (Å²) in [6, 6.07) is 4.83. The highest BCUT2D eigenvalue weighted by Crippen LogP contribution is 2.43. The number of aliphatic hydroxyl groups is 1. The van der Waals surface area contributed by atoms with E-state index in [-0.39, 0.29) is 23.1 Å². The van der Waals surface area contributed by atoms with E-state index in [1.165, 1.54) is 18.5 Å². The van der Waals surface area contributed by atoms with Crippen LogP contribution < -0.4 is 10.2 Å². The van der Waals surface area contributed by atoms with E-state index in [2.05, 4.69) is 32.0 Å². The summed E-state index contributed by atoms with van der Waals surface area (Å²) in [4.78, 5) is 25.9. The highest BCUT2D eigenvalue weighted by molar-refractivity contribution is 6.30. The molecular formula is C26H33ClFN5O3. The molecule has 0 amide bonds. The number of halogens is 2. The van der Waals surface area contributed by atoms with Crippen molar-refractivity contribution in [3.63, 3.8) is 0 Å². The molecule has 36 heavy (non-hydrogen) atoms.